The maximum Gasteiger partial charge on any atom is 0.272 e. The number of para-hydroxylation sites is 2. The fraction of sp³-hybridized carbons (Fsp3) is 0.103. The number of thioether (sulfide) groups is 1. The van der Waals surface area contributed by atoms with Gasteiger partial charge in [0.15, 0.2) is 0 Å². The average molecular weight is 658 g/mol. The van der Waals surface area contributed by atoms with Crippen molar-refractivity contribution in [3.8, 4) is 11.5 Å². The summed E-state index contributed by atoms with van der Waals surface area (Å²) in [6.45, 7) is 1.88. The Balaban J connectivity index is 1.33. The van der Waals surface area contributed by atoms with Crippen LogP contribution >= 0.6 is 11.8 Å². The summed E-state index contributed by atoms with van der Waals surface area (Å²) >= 11 is 1.42. The van der Waals surface area contributed by atoms with Crippen molar-refractivity contribution in [1.82, 2.24) is 5.32 Å². The predicted octanol–water partition coefficient (Wildman–Crippen LogP) is 7.96. The molecule has 48 heavy (non-hydrogen) atoms. The van der Waals surface area contributed by atoms with E-state index in [2.05, 4.69) is 10.6 Å². The van der Waals surface area contributed by atoms with Crippen LogP contribution in [-0.4, -0.2) is 37.2 Å². The molecule has 8 nitrogen and oxygen atoms in total. The molecule has 0 radical (unpaired) electrons. The molecule has 1 unspecified atom stereocenters. The summed E-state index contributed by atoms with van der Waals surface area (Å²) in [5.74, 6) is 0.0342. The van der Waals surface area contributed by atoms with Crippen LogP contribution in [0.3, 0.4) is 0 Å². The largest absolute Gasteiger partial charge is 0.497 e. The van der Waals surface area contributed by atoms with Crippen molar-refractivity contribution in [2.75, 3.05) is 24.4 Å². The molecule has 0 aromatic heterocycles. The second-order valence-corrected chi connectivity index (χ2v) is 12.0. The molecular weight excluding hydrogens is 623 g/mol. The zero-order chi connectivity index (χ0) is 33.9. The van der Waals surface area contributed by atoms with E-state index in [-0.39, 0.29) is 11.6 Å². The van der Waals surface area contributed by atoms with Gasteiger partial charge < -0.3 is 20.1 Å². The summed E-state index contributed by atoms with van der Waals surface area (Å²) in [6, 6.07) is 40.1. The number of hydrogen-bond donors (Lipinski definition) is 2. The smallest absolute Gasteiger partial charge is 0.272 e. The summed E-state index contributed by atoms with van der Waals surface area (Å²) in [6.07, 6.45) is 1.55. The van der Waals surface area contributed by atoms with Gasteiger partial charge in [0.2, 0.25) is 5.91 Å². The standard InChI is InChI=1S/C39H35N3O5S/c1-27(39(45)42(31-15-9-5-10-16-31)32-17-11-6-12-18-32)48-34-23-20-30(21-24-34)40-38(44)35(41-37(43)28-13-7-4-8-14-28)25-29-19-22-33(46-2)26-36(29)47-3/h4-27H,1-3H3,(H,40,44)(H,41,43)/b35-25-. The zero-order valence-electron chi connectivity index (χ0n) is 26.8. The predicted molar refractivity (Wildman–Crippen MR) is 192 cm³/mol. The van der Waals surface area contributed by atoms with E-state index < -0.39 is 17.1 Å². The lowest BCUT2D eigenvalue weighted by Gasteiger charge is -2.26. The van der Waals surface area contributed by atoms with Crippen LogP contribution in [0.5, 0.6) is 11.5 Å². The number of benzene rings is 5. The molecule has 5 aromatic carbocycles. The Kier molecular flexibility index (Phi) is 11.3. The number of carbonyl (C=O) groups is 3. The minimum absolute atomic E-state index is 0.0203. The Hall–Kier alpha value is -5.80. The molecule has 9 heteroatoms. The maximum atomic E-state index is 13.7. The zero-order valence-corrected chi connectivity index (χ0v) is 27.6. The van der Waals surface area contributed by atoms with Crippen LogP contribution in [0.15, 0.2) is 144 Å². The van der Waals surface area contributed by atoms with Crippen molar-refractivity contribution >= 4 is 52.6 Å². The molecule has 0 aliphatic rings. The highest BCUT2D eigenvalue weighted by molar-refractivity contribution is 8.00. The van der Waals surface area contributed by atoms with Gasteiger partial charge in [0.1, 0.15) is 17.2 Å². The normalized spacial score (nSPS) is 11.6. The lowest BCUT2D eigenvalue weighted by atomic mass is 10.1. The molecule has 0 aliphatic heterocycles. The van der Waals surface area contributed by atoms with Crippen molar-refractivity contribution in [2.45, 2.75) is 17.1 Å². The maximum absolute atomic E-state index is 13.7. The van der Waals surface area contributed by atoms with Crippen LogP contribution in [0.2, 0.25) is 0 Å². The highest BCUT2D eigenvalue weighted by Gasteiger charge is 2.24. The van der Waals surface area contributed by atoms with Crippen LogP contribution in [0.4, 0.5) is 17.1 Å². The van der Waals surface area contributed by atoms with E-state index in [1.807, 2.05) is 85.8 Å². The summed E-state index contributed by atoms with van der Waals surface area (Å²) < 4.78 is 10.8. The first-order chi connectivity index (χ1) is 23.4. The third-order valence-electron chi connectivity index (χ3n) is 7.29. The molecule has 0 bridgehead atoms. The van der Waals surface area contributed by atoms with Gasteiger partial charge in [-0.1, -0.05) is 54.6 Å². The monoisotopic (exact) mass is 657 g/mol. The van der Waals surface area contributed by atoms with Crippen LogP contribution in [0.1, 0.15) is 22.8 Å². The van der Waals surface area contributed by atoms with Gasteiger partial charge in [-0.15, -0.1) is 11.8 Å². The molecule has 0 saturated heterocycles. The number of ether oxygens (including phenoxy) is 2. The molecule has 1 atom stereocenters. The minimum Gasteiger partial charge on any atom is -0.497 e. The van der Waals surface area contributed by atoms with Crippen LogP contribution < -0.4 is 25.0 Å². The van der Waals surface area contributed by atoms with Gasteiger partial charge in [0, 0.05) is 39.2 Å². The molecule has 2 N–H and O–H groups in total. The van der Waals surface area contributed by atoms with Crippen LogP contribution in [0.25, 0.3) is 6.08 Å². The average Bonchev–Trinajstić information content (AvgIpc) is 3.13. The molecule has 0 aliphatic carbocycles. The number of nitrogens with zero attached hydrogens (tertiary/aromatic N) is 1. The fourth-order valence-electron chi connectivity index (χ4n) is 4.84. The highest BCUT2D eigenvalue weighted by atomic mass is 32.2. The number of rotatable bonds is 12. The molecule has 5 rings (SSSR count). The Morgan fingerprint density at radius 3 is 1.88 bits per heavy atom. The number of nitrogens with one attached hydrogen (secondary N) is 2. The Bertz CT molecular complexity index is 1840. The number of hydrogen-bond acceptors (Lipinski definition) is 6. The topological polar surface area (TPSA) is 97.0 Å². The fourth-order valence-corrected chi connectivity index (χ4v) is 5.75. The van der Waals surface area contributed by atoms with Crippen molar-refractivity contribution in [2.24, 2.45) is 0 Å². The molecular formula is C39H35N3O5S. The van der Waals surface area contributed by atoms with E-state index in [4.69, 9.17) is 9.47 Å². The Morgan fingerprint density at radius 1 is 0.729 bits per heavy atom. The van der Waals surface area contributed by atoms with E-state index in [0.29, 0.717) is 28.3 Å². The van der Waals surface area contributed by atoms with E-state index in [9.17, 15) is 14.4 Å². The molecule has 5 aromatic rings. The van der Waals surface area contributed by atoms with Crippen molar-refractivity contribution in [1.29, 1.82) is 0 Å². The summed E-state index contributed by atoms with van der Waals surface area (Å²) in [5.41, 5.74) is 3.08. The van der Waals surface area contributed by atoms with Gasteiger partial charge in [0.25, 0.3) is 11.8 Å². The first-order valence-corrected chi connectivity index (χ1v) is 16.1. The number of anilines is 3. The highest BCUT2D eigenvalue weighted by Crippen LogP contribution is 2.32. The van der Waals surface area contributed by atoms with Gasteiger partial charge in [-0.05, 0) is 85.8 Å². The minimum atomic E-state index is -0.525. The van der Waals surface area contributed by atoms with E-state index in [0.717, 1.165) is 16.3 Å². The number of methoxy groups -OCH3 is 2. The molecule has 0 saturated carbocycles. The summed E-state index contributed by atoms with van der Waals surface area (Å²) in [7, 11) is 3.07. The Labute approximate surface area is 284 Å². The summed E-state index contributed by atoms with van der Waals surface area (Å²) in [5, 5.41) is 5.21. The van der Waals surface area contributed by atoms with Gasteiger partial charge in [-0.2, -0.15) is 0 Å². The first kappa shape index (κ1) is 33.6. The molecule has 3 amide bonds. The third-order valence-corrected chi connectivity index (χ3v) is 8.39. The summed E-state index contributed by atoms with van der Waals surface area (Å²) in [4.78, 5) is 43.0. The number of carbonyl (C=O) groups excluding carboxylic acids is 3. The molecule has 0 heterocycles. The number of amides is 3. The first-order valence-electron chi connectivity index (χ1n) is 15.2. The van der Waals surface area contributed by atoms with E-state index in [1.165, 1.54) is 18.9 Å². The van der Waals surface area contributed by atoms with Gasteiger partial charge in [-0.3, -0.25) is 19.3 Å². The molecule has 0 spiro atoms. The SMILES string of the molecule is COc1ccc(/C=C(\NC(=O)c2ccccc2)C(=O)Nc2ccc(SC(C)C(=O)N(c3ccccc3)c3ccccc3)cc2)c(OC)c1. The Morgan fingerprint density at radius 2 is 1.31 bits per heavy atom. The van der Waals surface area contributed by atoms with Gasteiger partial charge >= 0.3 is 0 Å². The second kappa shape index (κ2) is 16.2. The van der Waals surface area contributed by atoms with E-state index >= 15 is 0 Å². The van der Waals surface area contributed by atoms with E-state index in [1.54, 1.807) is 72.7 Å². The van der Waals surface area contributed by atoms with Crippen molar-refractivity contribution < 1.29 is 23.9 Å². The lowest BCUT2D eigenvalue weighted by Crippen LogP contribution is -2.32. The van der Waals surface area contributed by atoms with Crippen molar-refractivity contribution in [3.05, 3.63) is 150 Å². The molecule has 0 fully saturated rings. The second-order valence-electron chi connectivity index (χ2n) is 10.6. The third kappa shape index (κ3) is 8.51. The van der Waals surface area contributed by atoms with Gasteiger partial charge in [0.05, 0.1) is 19.5 Å². The molecule has 242 valence electrons. The van der Waals surface area contributed by atoms with Gasteiger partial charge in [-0.25, -0.2) is 0 Å². The van der Waals surface area contributed by atoms with Crippen molar-refractivity contribution in [3.63, 3.8) is 0 Å². The quantitative estimate of drug-likeness (QED) is 0.104. The lowest BCUT2D eigenvalue weighted by molar-refractivity contribution is -0.117. The van der Waals surface area contributed by atoms with Crippen LogP contribution in [0, 0.1) is 0 Å². The van der Waals surface area contributed by atoms with Crippen LogP contribution in [-0.2, 0) is 9.59 Å².